The number of benzene rings is 3. The monoisotopic (exact) mass is 362 g/mol. The third kappa shape index (κ3) is 2.74. The van der Waals surface area contributed by atoms with Crippen LogP contribution < -0.4 is 10.2 Å². The number of amides is 1. The van der Waals surface area contributed by atoms with E-state index in [-0.39, 0.29) is 12.1 Å². The lowest BCUT2D eigenvalue weighted by Gasteiger charge is -2.28. The minimum Gasteiger partial charge on any atom is -0.360 e. The number of nitrogens with zero attached hydrogens (tertiary/aromatic N) is 1. The predicted molar refractivity (Wildman–Crippen MR) is 107 cm³/mol. The molecule has 1 heterocycles. The van der Waals surface area contributed by atoms with E-state index in [4.69, 9.17) is 11.6 Å². The van der Waals surface area contributed by atoms with Crippen LogP contribution in [0.3, 0.4) is 0 Å². The minimum atomic E-state index is -0.306. The summed E-state index contributed by atoms with van der Waals surface area (Å²) >= 11 is 6.43. The Balaban J connectivity index is 1.82. The van der Waals surface area contributed by atoms with Crippen LogP contribution in [0.5, 0.6) is 0 Å². The molecule has 0 bridgehead atoms. The van der Waals surface area contributed by atoms with Gasteiger partial charge in [-0.2, -0.15) is 0 Å². The van der Waals surface area contributed by atoms with Gasteiger partial charge in [0.1, 0.15) is 6.17 Å². The first-order valence-corrected chi connectivity index (χ1v) is 8.95. The van der Waals surface area contributed by atoms with Crippen molar-refractivity contribution in [1.82, 2.24) is 0 Å². The van der Waals surface area contributed by atoms with Crippen LogP contribution in [0.15, 0.2) is 66.7 Å². The molecule has 0 fully saturated rings. The van der Waals surface area contributed by atoms with Gasteiger partial charge in [-0.25, -0.2) is 0 Å². The lowest BCUT2D eigenvalue weighted by Crippen LogP contribution is -2.32. The molecule has 0 saturated heterocycles. The molecule has 26 heavy (non-hydrogen) atoms. The summed E-state index contributed by atoms with van der Waals surface area (Å²) in [6.45, 7) is 4.02. The number of hydrogen-bond acceptors (Lipinski definition) is 2. The smallest absolute Gasteiger partial charge is 0.260 e. The number of aryl methyl sites for hydroxylation is 2. The molecule has 1 N–H and O–H groups in total. The highest BCUT2D eigenvalue weighted by molar-refractivity contribution is 6.33. The Morgan fingerprint density at radius 1 is 0.962 bits per heavy atom. The summed E-state index contributed by atoms with van der Waals surface area (Å²) in [5, 5.41) is 4.12. The predicted octanol–water partition coefficient (Wildman–Crippen LogP) is 5.73. The standard InChI is InChI=1S/C22H19ClN2O/c1-14-11-12-19(18(23)13-14)24-21-16-8-4-5-9-17(16)22(26)25(21)20-10-6-3-7-15(20)2/h3-13,21,24H,1-2H3/t21-/m1/s1. The molecule has 0 spiro atoms. The maximum Gasteiger partial charge on any atom is 0.260 e. The van der Waals surface area contributed by atoms with Crippen molar-refractivity contribution in [3.8, 4) is 0 Å². The van der Waals surface area contributed by atoms with Gasteiger partial charge in [-0.15, -0.1) is 0 Å². The van der Waals surface area contributed by atoms with Crippen LogP contribution in [0.2, 0.25) is 5.02 Å². The summed E-state index contributed by atoms with van der Waals surface area (Å²) in [5.41, 5.74) is 5.53. The van der Waals surface area contributed by atoms with E-state index >= 15 is 0 Å². The van der Waals surface area contributed by atoms with E-state index in [0.29, 0.717) is 5.02 Å². The summed E-state index contributed by atoms with van der Waals surface area (Å²) in [5.74, 6) is -0.00404. The highest BCUT2D eigenvalue weighted by Crippen LogP contribution is 2.40. The highest BCUT2D eigenvalue weighted by atomic mass is 35.5. The third-order valence-corrected chi connectivity index (χ3v) is 5.07. The van der Waals surface area contributed by atoms with Crippen molar-refractivity contribution in [2.45, 2.75) is 20.0 Å². The second-order valence-electron chi connectivity index (χ2n) is 6.58. The molecule has 130 valence electrons. The molecular formula is C22H19ClN2O. The topological polar surface area (TPSA) is 32.3 Å². The van der Waals surface area contributed by atoms with Crippen LogP contribution in [-0.2, 0) is 0 Å². The van der Waals surface area contributed by atoms with Crippen molar-refractivity contribution in [2.75, 3.05) is 10.2 Å². The molecule has 4 rings (SSSR count). The lowest BCUT2D eigenvalue weighted by atomic mass is 10.1. The van der Waals surface area contributed by atoms with E-state index < -0.39 is 0 Å². The second kappa shape index (κ2) is 6.50. The van der Waals surface area contributed by atoms with Crippen LogP contribution >= 0.6 is 11.6 Å². The third-order valence-electron chi connectivity index (χ3n) is 4.75. The van der Waals surface area contributed by atoms with Crippen LogP contribution in [0, 0.1) is 13.8 Å². The van der Waals surface area contributed by atoms with Crippen molar-refractivity contribution in [1.29, 1.82) is 0 Å². The van der Waals surface area contributed by atoms with Gasteiger partial charge in [-0.3, -0.25) is 9.69 Å². The van der Waals surface area contributed by atoms with Crippen molar-refractivity contribution in [2.24, 2.45) is 0 Å². The molecule has 3 aromatic carbocycles. The fourth-order valence-corrected chi connectivity index (χ4v) is 3.71. The molecule has 1 aliphatic rings. The molecule has 0 saturated carbocycles. The van der Waals surface area contributed by atoms with Gasteiger partial charge in [0.05, 0.1) is 10.7 Å². The first-order chi connectivity index (χ1) is 12.6. The first-order valence-electron chi connectivity index (χ1n) is 8.57. The Hall–Kier alpha value is -2.78. The highest BCUT2D eigenvalue weighted by Gasteiger charge is 2.38. The van der Waals surface area contributed by atoms with Gasteiger partial charge >= 0.3 is 0 Å². The number of nitrogens with one attached hydrogen (secondary N) is 1. The largest absolute Gasteiger partial charge is 0.360 e. The van der Waals surface area contributed by atoms with E-state index in [1.54, 1.807) is 0 Å². The summed E-state index contributed by atoms with van der Waals surface area (Å²) in [6, 6.07) is 21.5. The zero-order chi connectivity index (χ0) is 18.3. The number of anilines is 2. The van der Waals surface area contributed by atoms with Crippen LogP contribution in [0.4, 0.5) is 11.4 Å². The molecular weight excluding hydrogens is 344 g/mol. The van der Waals surface area contributed by atoms with Crippen LogP contribution in [-0.4, -0.2) is 5.91 Å². The Bertz CT molecular complexity index is 999. The number of fused-ring (bicyclic) bond motifs is 1. The summed E-state index contributed by atoms with van der Waals surface area (Å²) < 4.78 is 0. The zero-order valence-electron chi connectivity index (χ0n) is 14.7. The SMILES string of the molecule is Cc1ccc(N[C@H]2c3ccccc3C(=O)N2c2ccccc2C)c(Cl)c1. The molecule has 4 heteroatoms. The van der Waals surface area contributed by atoms with E-state index in [1.807, 2.05) is 85.5 Å². The van der Waals surface area contributed by atoms with E-state index in [2.05, 4.69) is 5.32 Å². The van der Waals surface area contributed by atoms with Gasteiger partial charge in [-0.05, 0) is 49.2 Å². The zero-order valence-corrected chi connectivity index (χ0v) is 15.4. The maximum absolute atomic E-state index is 13.1. The molecule has 0 aliphatic carbocycles. The average Bonchev–Trinajstić information content (AvgIpc) is 2.90. The summed E-state index contributed by atoms with van der Waals surface area (Å²) in [6.07, 6.45) is -0.306. The number of halogens is 1. The molecule has 0 radical (unpaired) electrons. The molecule has 1 aliphatic heterocycles. The Morgan fingerprint density at radius 3 is 2.46 bits per heavy atom. The van der Waals surface area contributed by atoms with Crippen molar-refractivity contribution < 1.29 is 4.79 Å². The molecule has 1 amide bonds. The number of carbonyl (C=O) groups excluding carboxylic acids is 1. The Kier molecular flexibility index (Phi) is 4.17. The summed E-state index contributed by atoms with van der Waals surface area (Å²) in [7, 11) is 0. The van der Waals surface area contributed by atoms with Gasteiger partial charge in [0.2, 0.25) is 0 Å². The van der Waals surface area contributed by atoms with Crippen LogP contribution in [0.25, 0.3) is 0 Å². The normalized spacial score (nSPS) is 15.9. The van der Waals surface area contributed by atoms with Gasteiger partial charge < -0.3 is 5.32 Å². The van der Waals surface area contributed by atoms with Crippen molar-refractivity contribution in [3.63, 3.8) is 0 Å². The van der Waals surface area contributed by atoms with E-state index in [1.165, 1.54) is 0 Å². The van der Waals surface area contributed by atoms with Crippen molar-refractivity contribution in [3.05, 3.63) is 94.0 Å². The van der Waals surface area contributed by atoms with E-state index in [0.717, 1.165) is 33.6 Å². The van der Waals surface area contributed by atoms with Crippen LogP contribution in [0.1, 0.15) is 33.2 Å². The molecule has 3 aromatic rings. The fraction of sp³-hybridized carbons (Fsp3) is 0.136. The number of rotatable bonds is 3. The molecule has 0 unspecified atom stereocenters. The lowest BCUT2D eigenvalue weighted by molar-refractivity contribution is 0.0993. The Morgan fingerprint density at radius 2 is 1.69 bits per heavy atom. The number of carbonyl (C=O) groups is 1. The van der Waals surface area contributed by atoms with Gasteiger partial charge in [0.25, 0.3) is 5.91 Å². The second-order valence-corrected chi connectivity index (χ2v) is 6.99. The molecule has 1 atom stereocenters. The Labute approximate surface area is 158 Å². The molecule has 3 nitrogen and oxygen atoms in total. The maximum atomic E-state index is 13.1. The fourth-order valence-electron chi connectivity index (χ4n) is 3.43. The number of para-hydroxylation sites is 1. The molecule has 0 aromatic heterocycles. The van der Waals surface area contributed by atoms with Gasteiger partial charge in [-0.1, -0.05) is 54.1 Å². The summed E-state index contributed by atoms with van der Waals surface area (Å²) in [4.78, 5) is 15.0. The quantitative estimate of drug-likeness (QED) is 0.645. The van der Waals surface area contributed by atoms with Crippen molar-refractivity contribution >= 4 is 28.9 Å². The van der Waals surface area contributed by atoms with Gasteiger partial charge in [0.15, 0.2) is 0 Å². The van der Waals surface area contributed by atoms with E-state index in [9.17, 15) is 4.79 Å². The van der Waals surface area contributed by atoms with Gasteiger partial charge in [0, 0.05) is 16.8 Å². The minimum absolute atomic E-state index is 0.00404. The first kappa shape index (κ1) is 16.7. The number of hydrogen-bond donors (Lipinski definition) is 1. The average molecular weight is 363 g/mol.